The third-order valence-electron chi connectivity index (χ3n) is 5.45. The molecule has 1 aliphatic carbocycles. The first-order chi connectivity index (χ1) is 13.8. The van der Waals surface area contributed by atoms with Crippen LogP contribution >= 0.6 is 0 Å². The van der Waals surface area contributed by atoms with Crippen LogP contribution < -0.4 is 5.32 Å². The van der Waals surface area contributed by atoms with E-state index in [2.05, 4.69) is 5.32 Å². The average Bonchev–Trinajstić information content (AvgIpc) is 2.65. The Hall–Kier alpha value is -3.09. The van der Waals surface area contributed by atoms with Crippen molar-refractivity contribution < 1.29 is 27.5 Å². The number of amides is 1. The first kappa shape index (κ1) is 19.2. The lowest BCUT2D eigenvalue weighted by atomic mass is 9.75. The summed E-state index contributed by atoms with van der Waals surface area (Å²) in [6.07, 6.45) is 0.963. The second-order valence-corrected chi connectivity index (χ2v) is 7.25. The molecule has 0 spiro atoms. The molecule has 2 aromatic carbocycles. The maximum Gasteiger partial charge on any atom is 0.255 e. The van der Waals surface area contributed by atoms with Gasteiger partial charge in [0.15, 0.2) is 0 Å². The molecule has 29 heavy (non-hydrogen) atoms. The van der Waals surface area contributed by atoms with Gasteiger partial charge in [-0.15, -0.1) is 0 Å². The number of allylic oxidation sites excluding steroid dienone is 1. The SMILES string of the molecule is CC1=C(C(=O)N[C@H](c2cccc(F)c2)C2CCC2=O)c2cc(F)cc(F)c2CO1. The molecule has 1 heterocycles. The molecule has 0 saturated heterocycles. The van der Waals surface area contributed by atoms with Crippen LogP contribution in [0, 0.1) is 23.4 Å². The molecule has 4 rings (SSSR count). The van der Waals surface area contributed by atoms with Crippen LogP contribution in [-0.2, 0) is 20.9 Å². The first-order valence-electron chi connectivity index (χ1n) is 9.26. The second-order valence-electron chi connectivity index (χ2n) is 7.25. The predicted molar refractivity (Wildman–Crippen MR) is 98.8 cm³/mol. The quantitative estimate of drug-likeness (QED) is 0.836. The van der Waals surface area contributed by atoms with Crippen LogP contribution in [0.2, 0.25) is 0 Å². The zero-order chi connectivity index (χ0) is 20.7. The van der Waals surface area contributed by atoms with Crippen LogP contribution in [0.25, 0.3) is 5.57 Å². The second kappa shape index (κ2) is 7.39. The zero-order valence-corrected chi connectivity index (χ0v) is 15.6. The number of halogens is 3. The molecule has 0 aromatic heterocycles. The summed E-state index contributed by atoms with van der Waals surface area (Å²) in [4.78, 5) is 25.2. The normalized spacial score (nSPS) is 19.2. The molecule has 0 bridgehead atoms. The molecule has 2 atom stereocenters. The highest BCUT2D eigenvalue weighted by molar-refractivity contribution is 6.21. The van der Waals surface area contributed by atoms with Crippen LogP contribution in [0.3, 0.4) is 0 Å². The molecule has 2 aliphatic rings. The Balaban J connectivity index is 1.71. The van der Waals surface area contributed by atoms with Gasteiger partial charge in [-0.2, -0.15) is 0 Å². The Labute approximate surface area is 165 Å². The van der Waals surface area contributed by atoms with Crippen LogP contribution in [-0.4, -0.2) is 11.7 Å². The van der Waals surface area contributed by atoms with Crippen molar-refractivity contribution in [2.75, 3.05) is 0 Å². The molecule has 1 amide bonds. The van der Waals surface area contributed by atoms with E-state index in [4.69, 9.17) is 4.74 Å². The van der Waals surface area contributed by atoms with E-state index < -0.39 is 35.3 Å². The summed E-state index contributed by atoms with van der Waals surface area (Å²) in [7, 11) is 0. The van der Waals surface area contributed by atoms with Gasteiger partial charge in [-0.25, -0.2) is 13.2 Å². The Morgan fingerprint density at radius 1 is 1.17 bits per heavy atom. The molecule has 1 saturated carbocycles. The van der Waals surface area contributed by atoms with Gasteiger partial charge < -0.3 is 10.1 Å². The molecule has 1 unspecified atom stereocenters. The number of rotatable bonds is 4. The number of nitrogens with one attached hydrogen (secondary N) is 1. The number of ketones is 1. The topological polar surface area (TPSA) is 55.4 Å². The minimum atomic E-state index is -0.808. The third kappa shape index (κ3) is 3.52. The van der Waals surface area contributed by atoms with Crippen molar-refractivity contribution in [1.82, 2.24) is 5.32 Å². The highest BCUT2D eigenvalue weighted by Gasteiger charge is 2.38. The van der Waals surface area contributed by atoms with Gasteiger partial charge in [0.1, 0.15) is 35.6 Å². The van der Waals surface area contributed by atoms with Gasteiger partial charge in [0.2, 0.25) is 0 Å². The van der Waals surface area contributed by atoms with E-state index in [1.165, 1.54) is 25.1 Å². The van der Waals surface area contributed by atoms with Crippen molar-refractivity contribution in [3.05, 3.63) is 76.3 Å². The number of carbonyl (C=O) groups excluding carboxylic acids is 2. The van der Waals surface area contributed by atoms with Gasteiger partial charge in [-0.3, -0.25) is 9.59 Å². The van der Waals surface area contributed by atoms with Gasteiger partial charge in [-0.05, 0) is 37.1 Å². The summed E-state index contributed by atoms with van der Waals surface area (Å²) in [5, 5.41) is 2.76. The Kier molecular flexibility index (Phi) is 4.90. The Bertz CT molecular complexity index is 1050. The van der Waals surface area contributed by atoms with Gasteiger partial charge in [-0.1, -0.05) is 12.1 Å². The highest BCUT2D eigenvalue weighted by Crippen LogP contribution is 2.37. The summed E-state index contributed by atoms with van der Waals surface area (Å²) in [5.41, 5.74) is 0.653. The van der Waals surface area contributed by atoms with E-state index >= 15 is 0 Å². The third-order valence-corrected chi connectivity index (χ3v) is 5.45. The minimum absolute atomic E-state index is 0.00201. The van der Waals surface area contributed by atoms with Gasteiger partial charge in [0, 0.05) is 29.5 Å². The van der Waals surface area contributed by atoms with E-state index in [1.807, 2.05) is 0 Å². The summed E-state index contributed by atoms with van der Waals surface area (Å²) >= 11 is 0. The molecule has 2 aromatic rings. The molecule has 4 nitrogen and oxygen atoms in total. The zero-order valence-electron chi connectivity index (χ0n) is 15.6. The molecular weight excluding hydrogens is 383 g/mol. The van der Waals surface area contributed by atoms with E-state index in [0.717, 1.165) is 12.1 Å². The summed E-state index contributed by atoms with van der Waals surface area (Å²) in [5.74, 6) is -3.01. The fourth-order valence-electron chi connectivity index (χ4n) is 3.81. The van der Waals surface area contributed by atoms with Crippen molar-refractivity contribution in [1.29, 1.82) is 0 Å². The summed E-state index contributed by atoms with van der Waals surface area (Å²) in [6, 6.07) is 6.75. The Morgan fingerprint density at radius 2 is 1.97 bits per heavy atom. The molecular formula is C22H18F3NO3. The van der Waals surface area contributed by atoms with Gasteiger partial charge >= 0.3 is 0 Å². The minimum Gasteiger partial charge on any atom is -0.493 e. The Morgan fingerprint density at radius 3 is 2.62 bits per heavy atom. The number of hydrogen-bond donors (Lipinski definition) is 1. The lowest BCUT2D eigenvalue weighted by Crippen LogP contribution is -2.42. The molecule has 1 N–H and O–H groups in total. The predicted octanol–water partition coefficient (Wildman–Crippen LogP) is 4.20. The van der Waals surface area contributed by atoms with Gasteiger partial charge in [0.05, 0.1) is 11.6 Å². The largest absolute Gasteiger partial charge is 0.493 e. The highest BCUT2D eigenvalue weighted by atomic mass is 19.1. The lowest BCUT2D eigenvalue weighted by molar-refractivity contribution is -0.131. The average molecular weight is 401 g/mol. The number of benzene rings is 2. The fourth-order valence-corrected chi connectivity index (χ4v) is 3.81. The van der Waals surface area contributed by atoms with Crippen molar-refractivity contribution in [3.63, 3.8) is 0 Å². The summed E-state index contributed by atoms with van der Waals surface area (Å²) < 4.78 is 47.1. The molecule has 1 aliphatic heterocycles. The number of fused-ring (bicyclic) bond motifs is 1. The van der Waals surface area contributed by atoms with Gasteiger partial charge in [0.25, 0.3) is 5.91 Å². The van der Waals surface area contributed by atoms with Crippen LogP contribution in [0.5, 0.6) is 0 Å². The van der Waals surface area contributed by atoms with Crippen molar-refractivity contribution in [2.45, 2.75) is 32.4 Å². The van der Waals surface area contributed by atoms with E-state index in [1.54, 1.807) is 6.07 Å². The number of ether oxygens (including phenoxy) is 1. The molecule has 150 valence electrons. The van der Waals surface area contributed by atoms with Crippen molar-refractivity contribution in [3.8, 4) is 0 Å². The van der Waals surface area contributed by atoms with Crippen LogP contribution in [0.4, 0.5) is 13.2 Å². The molecule has 1 fully saturated rings. The standard InChI is InChI=1S/C22H18F3NO3/c1-11-20(16-8-14(24)9-18(25)17(16)10-29-11)22(28)26-21(15-5-6-19(15)27)12-3-2-4-13(23)7-12/h2-4,7-9,15,21H,5-6,10H2,1H3,(H,26,28)/t15?,21-/m1/s1. The van der Waals surface area contributed by atoms with E-state index in [0.29, 0.717) is 18.4 Å². The molecule has 0 radical (unpaired) electrons. The maximum absolute atomic E-state index is 14.2. The van der Waals surface area contributed by atoms with E-state index in [-0.39, 0.29) is 34.8 Å². The monoisotopic (exact) mass is 401 g/mol. The summed E-state index contributed by atoms with van der Waals surface area (Å²) in [6.45, 7) is 1.42. The lowest BCUT2D eigenvalue weighted by Gasteiger charge is -2.34. The van der Waals surface area contributed by atoms with E-state index in [9.17, 15) is 22.8 Å². The fraction of sp³-hybridized carbons (Fsp3) is 0.273. The number of hydrogen-bond acceptors (Lipinski definition) is 3. The maximum atomic E-state index is 14.2. The smallest absolute Gasteiger partial charge is 0.255 e. The van der Waals surface area contributed by atoms with Crippen LogP contribution in [0.1, 0.15) is 42.5 Å². The first-order valence-corrected chi connectivity index (χ1v) is 9.26. The number of Topliss-reactive ketones (excluding diaryl/α,β-unsaturated/α-hetero) is 1. The number of carbonyl (C=O) groups is 2. The van der Waals surface area contributed by atoms with Crippen LogP contribution in [0.15, 0.2) is 42.2 Å². The molecule has 7 heteroatoms. The van der Waals surface area contributed by atoms with Crippen molar-refractivity contribution >= 4 is 17.3 Å². The van der Waals surface area contributed by atoms with Crippen molar-refractivity contribution in [2.24, 2.45) is 5.92 Å².